The predicted molar refractivity (Wildman–Crippen MR) is 125 cm³/mol. The number of benzene rings is 3. The minimum Gasteiger partial charge on any atom is -0.456 e. The maximum Gasteiger partial charge on any atom is 0.135 e. The Hall–Kier alpha value is -2.65. The van der Waals surface area contributed by atoms with Crippen molar-refractivity contribution in [2.24, 2.45) is 5.92 Å². The zero-order chi connectivity index (χ0) is 20.1. The summed E-state index contributed by atoms with van der Waals surface area (Å²) in [5, 5.41) is 2.62. The van der Waals surface area contributed by atoms with Crippen molar-refractivity contribution in [2.75, 3.05) is 4.90 Å². The number of rotatable bonds is 3. The maximum absolute atomic E-state index is 6.11. The normalized spacial score (nSPS) is 17.3. The molecule has 1 aliphatic heterocycles. The van der Waals surface area contributed by atoms with Crippen molar-refractivity contribution in [3.63, 3.8) is 0 Å². The van der Waals surface area contributed by atoms with Crippen LogP contribution in [0.25, 0.3) is 21.9 Å². The summed E-state index contributed by atoms with van der Waals surface area (Å²) in [4.78, 5) is 3.99. The second-order valence-electron chi connectivity index (χ2n) is 8.09. The first-order valence-electron chi connectivity index (χ1n) is 10.2. The van der Waals surface area contributed by atoms with E-state index in [0.29, 0.717) is 5.92 Å². The molecule has 0 N–H and O–H groups in total. The number of fused-ring (bicyclic) bond motifs is 3. The van der Waals surface area contributed by atoms with E-state index in [0.717, 1.165) is 11.2 Å². The second kappa shape index (κ2) is 7.00. The summed E-state index contributed by atoms with van der Waals surface area (Å²) in [6.07, 6.45) is 0. The van der Waals surface area contributed by atoms with Gasteiger partial charge in [-0.05, 0) is 49.1 Å². The molecule has 0 fully saturated rings. The highest BCUT2D eigenvalue weighted by Crippen LogP contribution is 2.53. The number of hydrogen-bond acceptors (Lipinski definition) is 3. The molecule has 1 unspecified atom stereocenters. The molecule has 4 aromatic rings. The number of hydrogen-bond donors (Lipinski definition) is 0. The lowest BCUT2D eigenvalue weighted by Gasteiger charge is -2.29. The van der Waals surface area contributed by atoms with Gasteiger partial charge in [-0.3, -0.25) is 0 Å². The SMILES string of the molecule is CC1=C(C(C)C)SC(c2ccccc2)N1c1cc2c(cc1C)oc1ccccc12. The number of para-hydroxylation sites is 1. The molecule has 0 saturated carbocycles. The van der Waals surface area contributed by atoms with E-state index in [9.17, 15) is 0 Å². The Morgan fingerprint density at radius 1 is 0.862 bits per heavy atom. The highest BCUT2D eigenvalue weighted by Gasteiger charge is 2.34. The molecule has 2 heterocycles. The molecule has 0 amide bonds. The van der Waals surface area contributed by atoms with Crippen molar-refractivity contribution in [1.82, 2.24) is 0 Å². The van der Waals surface area contributed by atoms with Gasteiger partial charge in [-0.15, -0.1) is 0 Å². The quantitative estimate of drug-likeness (QED) is 0.347. The molecule has 1 aliphatic rings. The molecule has 5 rings (SSSR count). The van der Waals surface area contributed by atoms with Crippen molar-refractivity contribution < 1.29 is 4.42 Å². The van der Waals surface area contributed by atoms with E-state index >= 15 is 0 Å². The summed E-state index contributed by atoms with van der Waals surface area (Å²) in [5.41, 5.74) is 7.10. The number of anilines is 1. The first-order valence-corrected chi connectivity index (χ1v) is 11.1. The smallest absolute Gasteiger partial charge is 0.135 e. The molecule has 0 bridgehead atoms. The van der Waals surface area contributed by atoms with Crippen molar-refractivity contribution in [3.05, 3.63) is 88.5 Å². The Bertz CT molecular complexity index is 1240. The Balaban J connectivity index is 1.73. The molecular formula is C26H25NOS. The van der Waals surface area contributed by atoms with Gasteiger partial charge in [0.05, 0.1) is 0 Å². The van der Waals surface area contributed by atoms with Gasteiger partial charge >= 0.3 is 0 Å². The van der Waals surface area contributed by atoms with E-state index in [1.54, 1.807) is 0 Å². The molecule has 3 aromatic carbocycles. The van der Waals surface area contributed by atoms with Gasteiger partial charge in [-0.2, -0.15) is 0 Å². The van der Waals surface area contributed by atoms with Crippen LogP contribution in [0, 0.1) is 12.8 Å². The molecule has 1 atom stereocenters. The first-order chi connectivity index (χ1) is 14.0. The maximum atomic E-state index is 6.11. The zero-order valence-corrected chi connectivity index (χ0v) is 18.1. The number of furan rings is 1. The third-order valence-electron chi connectivity index (χ3n) is 5.75. The van der Waals surface area contributed by atoms with Crippen molar-refractivity contribution >= 4 is 39.4 Å². The molecule has 0 aliphatic carbocycles. The van der Waals surface area contributed by atoms with Gasteiger partial charge < -0.3 is 9.32 Å². The van der Waals surface area contributed by atoms with Crippen molar-refractivity contribution in [3.8, 4) is 0 Å². The topological polar surface area (TPSA) is 16.4 Å². The minimum atomic E-state index is 0.253. The van der Waals surface area contributed by atoms with Gasteiger partial charge in [-0.25, -0.2) is 0 Å². The molecule has 0 radical (unpaired) electrons. The zero-order valence-electron chi connectivity index (χ0n) is 17.3. The van der Waals surface area contributed by atoms with E-state index in [4.69, 9.17) is 4.42 Å². The summed E-state index contributed by atoms with van der Waals surface area (Å²) in [7, 11) is 0. The summed E-state index contributed by atoms with van der Waals surface area (Å²) in [6.45, 7) is 9.03. The fourth-order valence-electron chi connectivity index (χ4n) is 4.37. The van der Waals surface area contributed by atoms with Crippen LogP contribution in [0.5, 0.6) is 0 Å². The largest absolute Gasteiger partial charge is 0.456 e. The van der Waals surface area contributed by atoms with Crippen molar-refractivity contribution in [2.45, 2.75) is 33.1 Å². The van der Waals surface area contributed by atoms with Crippen LogP contribution in [-0.4, -0.2) is 0 Å². The van der Waals surface area contributed by atoms with E-state index in [1.165, 1.54) is 38.2 Å². The van der Waals surface area contributed by atoms with Crippen LogP contribution in [0.3, 0.4) is 0 Å². The predicted octanol–water partition coefficient (Wildman–Crippen LogP) is 8.03. The van der Waals surface area contributed by atoms with Crippen LogP contribution >= 0.6 is 11.8 Å². The monoisotopic (exact) mass is 399 g/mol. The average molecular weight is 400 g/mol. The van der Waals surface area contributed by atoms with E-state index in [-0.39, 0.29) is 5.37 Å². The highest BCUT2D eigenvalue weighted by molar-refractivity contribution is 8.03. The van der Waals surface area contributed by atoms with Gasteiger partial charge in [0.1, 0.15) is 16.5 Å². The summed E-state index contributed by atoms with van der Waals surface area (Å²) >= 11 is 1.98. The van der Waals surface area contributed by atoms with E-state index in [1.807, 2.05) is 23.9 Å². The van der Waals surface area contributed by atoms with Crippen LogP contribution in [0.1, 0.15) is 37.3 Å². The van der Waals surface area contributed by atoms with Gasteiger partial charge in [-0.1, -0.05) is 74.1 Å². The fourth-order valence-corrected chi connectivity index (χ4v) is 5.82. The van der Waals surface area contributed by atoms with Gasteiger partial charge in [0.25, 0.3) is 0 Å². The van der Waals surface area contributed by atoms with Crippen LogP contribution < -0.4 is 4.90 Å². The molecule has 29 heavy (non-hydrogen) atoms. The van der Waals surface area contributed by atoms with Gasteiger partial charge in [0, 0.05) is 27.1 Å². The van der Waals surface area contributed by atoms with Crippen LogP contribution in [-0.2, 0) is 0 Å². The Morgan fingerprint density at radius 3 is 2.34 bits per heavy atom. The third-order valence-corrected chi connectivity index (χ3v) is 7.48. The lowest BCUT2D eigenvalue weighted by Crippen LogP contribution is -2.21. The molecule has 1 aromatic heterocycles. The standard InChI is InChI=1S/C26H25NOS/c1-16(2)25-18(4)27(26(29-25)19-10-6-5-7-11-19)22-15-21-20-12-8-9-13-23(20)28-24(21)14-17(22)3/h5-16,26H,1-4H3. The molecule has 2 nitrogen and oxygen atoms in total. The Morgan fingerprint density at radius 2 is 1.59 bits per heavy atom. The summed E-state index contributed by atoms with van der Waals surface area (Å²) in [6, 6.07) is 23.7. The van der Waals surface area contributed by atoms with Crippen molar-refractivity contribution in [1.29, 1.82) is 0 Å². The molecule has 0 spiro atoms. The van der Waals surface area contributed by atoms with Gasteiger partial charge in [0.2, 0.25) is 0 Å². The number of nitrogens with zero attached hydrogens (tertiary/aromatic N) is 1. The van der Waals surface area contributed by atoms with E-state index in [2.05, 4.69) is 87.2 Å². The lowest BCUT2D eigenvalue weighted by atomic mass is 10.1. The Kier molecular flexibility index (Phi) is 4.44. The molecule has 3 heteroatoms. The molecule has 0 saturated heterocycles. The average Bonchev–Trinajstić information content (AvgIpc) is 3.25. The fraction of sp³-hybridized carbons (Fsp3) is 0.231. The van der Waals surface area contributed by atoms with E-state index < -0.39 is 0 Å². The van der Waals surface area contributed by atoms with Crippen LogP contribution in [0.2, 0.25) is 0 Å². The summed E-state index contributed by atoms with van der Waals surface area (Å²) in [5.74, 6) is 0.509. The minimum absolute atomic E-state index is 0.253. The van der Waals surface area contributed by atoms with Gasteiger partial charge in [0.15, 0.2) is 0 Å². The highest BCUT2D eigenvalue weighted by atomic mass is 32.2. The Labute approximate surface area is 176 Å². The molecular weight excluding hydrogens is 374 g/mol. The van der Waals surface area contributed by atoms with Crippen LogP contribution in [0.15, 0.2) is 81.7 Å². The number of allylic oxidation sites excluding steroid dienone is 2. The first kappa shape index (κ1) is 18.4. The number of thioether (sulfide) groups is 1. The second-order valence-corrected chi connectivity index (χ2v) is 9.21. The van der Waals surface area contributed by atoms with Crippen LogP contribution in [0.4, 0.5) is 5.69 Å². The molecule has 146 valence electrons. The third kappa shape index (κ3) is 2.96. The summed E-state index contributed by atoms with van der Waals surface area (Å²) < 4.78 is 6.11. The lowest BCUT2D eigenvalue weighted by molar-refractivity contribution is 0.668. The number of aryl methyl sites for hydroxylation is 1.